The van der Waals surface area contributed by atoms with Crippen LogP contribution in [0.15, 0.2) is 0 Å². The van der Waals surface area contributed by atoms with Crippen LogP contribution in [0.5, 0.6) is 0 Å². The van der Waals surface area contributed by atoms with Crippen LogP contribution in [0, 0.1) is 22.7 Å². The third-order valence-corrected chi connectivity index (χ3v) is 2.88. The molecule has 3 heteroatoms. The van der Waals surface area contributed by atoms with Crippen molar-refractivity contribution in [2.45, 2.75) is 20.3 Å². The van der Waals surface area contributed by atoms with Gasteiger partial charge in [-0.25, -0.2) is 0 Å². The smallest absolute Gasteiger partial charge is 0.0666 e. The van der Waals surface area contributed by atoms with Crippen LogP contribution < -0.4 is 5.73 Å². The number of nitrogens with zero attached hydrogens (tertiary/aromatic N) is 2. The molecule has 0 aromatic rings. The largest absolute Gasteiger partial charge is 0.330 e. The fourth-order valence-electron chi connectivity index (χ4n) is 1.88. The number of rotatable bonds is 3. The van der Waals surface area contributed by atoms with Gasteiger partial charge in [-0.1, -0.05) is 6.92 Å². The second-order valence-electron chi connectivity index (χ2n) is 4.53. The van der Waals surface area contributed by atoms with Gasteiger partial charge in [0, 0.05) is 13.1 Å². The van der Waals surface area contributed by atoms with Crippen LogP contribution in [-0.4, -0.2) is 31.1 Å². The molecule has 0 radical (unpaired) electrons. The molecule has 2 atom stereocenters. The predicted octanol–water partition coefficient (Wildman–Crippen LogP) is 0.817. The number of hydrogen-bond acceptors (Lipinski definition) is 3. The lowest BCUT2D eigenvalue weighted by molar-refractivity contribution is 0.266. The number of hydrogen-bond donors (Lipinski definition) is 1. The number of likely N-dealkylation sites (tertiary alicyclic amines) is 1. The summed E-state index contributed by atoms with van der Waals surface area (Å²) in [6.45, 7) is 7.99. The Morgan fingerprint density at radius 3 is 2.85 bits per heavy atom. The highest BCUT2D eigenvalue weighted by atomic mass is 15.2. The van der Waals surface area contributed by atoms with Gasteiger partial charge in [-0.3, -0.25) is 0 Å². The van der Waals surface area contributed by atoms with Crippen LogP contribution in [0.25, 0.3) is 0 Å². The molecule has 1 saturated heterocycles. The molecular formula is C10H19N3. The van der Waals surface area contributed by atoms with Crippen LogP contribution in [0.4, 0.5) is 0 Å². The van der Waals surface area contributed by atoms with E-state index in [1.54, 1.807) is 0 Å². The first-order chi connectivity index (χ1) is 6.09. The monoisotopic (exact) mass is 181 g/mol. The summed E-state index contributed by atoms with van der Waals surface area (Å²) in [6.07, 6.45) is 1.17. The highest BCUT2D eigenvalue weighted by Crippen LogP contribution is 2.28. The molecule has 0 aliphatic carbocycles. The summed E-state index contributed by atoms with van der Waals surface area (Å²) in [5.74, 6) is 0.139. The van der Waals surface area contributed by atoms with Gasteiger partial charge < -0.3 is 10.6 Å². The molecule has 74 valence electrons. The van der Waals surface area contributed by atoms with Gasteiger partial charge in [0.25, 0.3) is 0 Å². The lowest BCUT2D eigenvalue weighted by Crippen LogP contribution is -2.32. The molecule has 0 aromatic carbocycles. The standard InChI is InChI=1S/C10H19N3/c1-9(5-11)6-13-4-3-10(2,7-12)8-13/h9H,3-4,6-8,12H2,1-2H3. The Labute approximate surface area is 80.5 Å². The maximum atomic E-state index is 8.68. The van der Waals surface area contributed by atoms with Crippen molar-refractivity contribution in [3.05, 3.63) is 0 Å². The number of nitrogens with two attached hydrogens (primary N) is 1. The van der Waals surface area contributed by atoms with Crippen LogP contribution in [0.1, 0.15) is 20.3 Å². The molecule has 0 spiro atoms. The Morgan fingerprint density at radius 2 is 2.38 bits per heavy atom. The molecule has 13 heavy (non-hydrogen) atoms. The zero-order chi connectivity index (χ0) is 9.90. The summed E-state index contributed by atoms with van der Waals surface area (Å²) in [5, 5.41) is 8.68. The first-order valence-electron chi connectivity index (χ1n) is 4.92. The molecule has 0 aromatic heterocycles. The van der Waals surface area contributed by atoms with Crippen LogP contribution in [0.2, 0.25) is 0 Å². The third kappa shape index (κ3) is 2.68. The first kappa shape index (κ1) is 10.5. The van der Waals surface area contributed by atoms with E-state index in [0.29, 0.717) is 0 Å². The Balaban J connectivity index is 2.38. The highest BCUT2D eigenvalue weighted by molar-refractivity contribution is 4.90. The molecule has 1 aliphatic rings. The van der Waals surface area contributed by atoms with E-state index in [1.165, 1.54) is 6.42 Å². The van der Waals surface area contributed by atoms with E-state index in [-0.39, 0.29) is 11.3 Å². The zero-order valence-electron chi connectivity index (χ0n) is 8.58. The van der Waals surface area contributed by atoms with E-state index in [0.717, 1.165) is 26.2 Å². The molecule has 2 N–H and O–H groups in total. The van der Waals surface area contributed by atoms with Gasteiger partial charge in [0.15, 0.2) is 0 Å². The average Bonchev–Trinajstić information content (AvgIpc) is 2.48. The van der Waals surface area contributed by atoms with Gasteiger partial charge in [0.05, 0.1) is 12.0 Å². The minimum absolute atomic E-state index is 0.139. The molecule has 0 amide bonds. The van der Waals surface area contributed by atoms with Gasteiger partial charge >= 0.3 is 0 Å². The topological polar surface area (TPSA) is 53.0 Å². The molecule has 0 saturated carbocycles. The SMILES string of the molecule is CC(C#N)CN1CCC(C)(CN)C1. The second kappa shape index (κ2) is 4.08. The van der Waals surface area contributed by atoms with E-state index in [2.05, 4.69) is 17.9 Å². The average molecular weight is 181 g/mol. The molecule has 2 unspecified atom stereocenters. The summed E-state index contributed by atoms with van der Waals surface area (Å²) in [4.78, 5) is 2.35. The minimum atomic E-state index is 0.139. The van der Waals surface area contributed by atoms with Gasteiger partial charge in [0.2, 0.25) is 0 Å². The number of nitriles is 1. The molecule has 1 aliphatic heterocycles. The van der Waals surface area contributed by atoms with E-state index in [9.17, 15) is 0 Å². The zero-order valence-corrected chi connectivity index (χ0v) is 8.58. The van der Waals surface area contributed by atoms with Crippen molar-refractivity contribution in [1.82, 2.24) is 4.90 Å². The molecule has 1 rings (SSSR count). The van der Waals surface area contributed by atoms with Gasteiger partial charge in [0.1, 0.15) is 0 Å². The van der Waals surface area contributed by atoms with E-state index >= 15 is 0 Å². The van der Waals surface area contributed by atoms with Crippen LogP contribution in [0.3, 0.4) is 0 Å². The summed E-state index contributed by atoms with van der Waals surface area (Å²) in [5.41, 5.74) is 5.99. The molecular weight excluding hydrogens is 162 g/mol. The maximum absolute atomic E-state index is 8.68. The maximum Gasteiger partial charge on any atom is 0.0666 e. The fourth-order valence-corrected chi connectivity index (χ4v) is 1.88. The van der Waals surface area contributed by atoms with Crippen molar-refractivity contribution >= 4 is 0 Å². The molecule has 0 bridgehead atoms. The lowest BCUT2D eigenvalue weighted by Gasteiger charge is -2.22. The van der Waals surface area contributed by atoms with Crippen LogP contribution >= 0.6 is 0 Å². The minimum Gasteiger partial charge on any atom is -0.330 e. The summed E-state index contributed by atoms with van der Waals surface area (Å²) < 4.78 is 0. The van der Waals surface area contributed by atoms with Gasteiger partial charge in [-0.05, 0) is 31.8 Å². The van der Waals surface area contributed by atoms with E-state index < -0.39 is 0 Å². The van der Waals surface area contributed by atoms with Crippen molar-refractivity contribution in [3.63, 3.8) is 0 Å². The quantitative estimate of drug-likeness (QED) is 0.701. The van der Waals surface area contributed by atoms with Crippen molar-refractivity contribution in [3.8, 4) is 6.07 Å². The van der Waals surface area contributed by atoms with Crippen molar-refractivity contribution in [2.75, 3.05) is 26.2 Å². The van der Waals surface area contributed by atoms with Crippen molar-refractivity contribution < 1.29 is 0 Å². The van der Waals surface area contributed by atoms with E-state index in [4.69, 9.17) is 11.0 Å². The summed E-state index contributed by atoms with van der Waals surface area (Å²) >= 11 is 0. The van der Waals surface area contributed by atoms with Crippen LogP contribution in [-0.2, 0) is 0 Å². The summed E-state index contributed by atoms with van der Waals surface area (Å²) in [6, 6.07) is 2.26. The Hall–Kier alpha value is -0.590. The van der Waals surface area contributed by atoms with Crippen molar-refractivity contribution in [2.24, 2.45) is 17.1 Å². The third-order valence-electron chi connectivity index (χ3n) is 2.88. The molecule has 1 heterocycles. The lowest BCUT2D eigenvalue weighted by atomic mass is 9.90. The Morgan fingerprint density at radius 1 is 1.69 bits per heavy atom. The van der Waals surface area contributed by atoms with Gasteiger partial charge in [-0.15, -0.1) is 0 Å². The Kier molecular flexibility index (Phi) is 3.29. The predicted molar refractivity (Wildman–Crippen MR) is 53.0 cm³/mol. The second-order valence-corrected chi connectivity index (χ2v) is 4.53. The molecule has 3 nitrogen and oxygen atoms in total. The van der Waals surface area contributed by atoms with Gasteiger partial charge in [-0.2, -0.15) is 5.26 Å². The molecule has 1 fully saturated rings. The Bertz CT molecular complexity index is 209. The fraction of sp³-hybridized carbons (Fsp3) is 0.900. The summed E-state index contributed by atoms with van der Waals surface area (Å²) in [7, 11) is 0. The first-order valence-corrected chi connectivity index (χ1v) is 4.92. The normalized spacial score (nSPS) is 31.5. The van der Waals surface area contributed by atoms with E-state index in [1.807, 2.05) is 6.92 Å². The highest BCUT2D eigenvalue weighted by Gasteiger charge is 2.32. The van der Waals surface area contributed by atoms with Crippen molar-refractivity contribution in [1.29, 1.82) is 5.26 Å².